The monoisotopic (exact) mass is 347 g/mol. The van der Waals surface area contributed by atoms with E-state index in [2.05, 4.69) is 9.88 Å². The lowest BCUT2D eigenvalue weighted by Crippen LogP contribution is -2.38. The van der Waals surface area contributed by atoms with Crippen LogP contribution in [0.25, 0.3) is 11.3 Å². The average molecular weight is 347 g/mol. The van der Waals surface area contributed by atoms with Crippen LogP contribution in [0.2, 0.25) is 0 Å². The van der Waals surface area contributed by atoms with Gasteiger partial charge < -0.3 is 9.64 Å². The van der Waals surface area contributed by atoms with Crippen LogP contribution in [0.15, 0.2) is 41.2 Å². The van der Waals surface area contributed by atoms with Crippen LogP contribution < -0.4 is 4.90 Å². The summed E-state index contributed by atoms with van der Waals surface area (Å²) in [6.07, 6.45) is 1.81. The second-order valence-corrected chi connectivity index (χ2v) is 6.96. The molecule has 1 fully saturated rings. The van der Waals surface area contributed by atoms with E-state index in [4.69, 9.17) is 9.72 Å². The van der Waals surface area contributed by atoms with E-state index in [1.54, 1.807) is 41.0 Å². The van der Waals surface area contributed by atoms with Gasteiger partial charge in [-0.15, -0.1) is 22.7 Å². The third-order valence-electron chi connectivity index (χ3n) is 3.70. The molecular weight excluding hydrogens is 333 g/mol. The molecule has 2 aromatic heterocycles. The number of morpholine rings is 1. The van der Waals surface area contributed by atoms with Gasteiger partial charge in [0.05, 0.1) is 18.8 Å². The lowest BCUT2D eigenvalue weighted by atomic mass is 10.2. The number of thiazole rings is 2. The van der Waals surface area contributed by atoms with Gasteiger partial charge in [-0.3, -0.25) is 0 Å². The molecule has 1 aliphatic rings. The Kier molecular flexibility index (Phi) is 4.07. The van der Waals surface area contributed by atoms with Gasteiger partial charge in [0, 0.05) is 29.1 Å². The van der Waals surface area contributed by atoms with Crippen molar-refractivity contribution in [1.82, 2.24) is 9.97 Å². The van der Waals surface area contributed by atoms with E-state index in [0.717, 1.165) is 34.5 Å². The predicted octanol–water partition coefficient (Wildman–Crippen LogP) is 3.98. The SMILES string of the molecule is Fc1ccc(-c2csc(N3CCOC(c4nccs4)C3)n2)cc1. The first-order valence-corrected chi connectivity index (χ1v) is 9.03. The zero-order valence-corrected chi connectivity index (χ0v) is 13.8. The number of aromatic nitrogens is 2. The first-order chi connectivity index (χ1) is 11.3. The summed E-state index contributed by atoms with van der Waals surface area (Å²) >= 11 is 3.22. The van der Waals surface area contributed by atoms with E-state index < -0.39 is 0 Å². The predicted molar refractivity (Wildman–Crippen MR) is 90.5 cm³/mol. The number of nitrogens with zero attached hydrogens (tertiary/aromatic N) is 3. The second kappa shape index (κ2) is 6.35. The molecule has 1 unspecified atom stereocenters. The Morgan fingerprint density at radius 3 is 2.87 bits per heavy atom. The number of rotatable bonds is 3. The first-order valence-electron chi connectivity index (χ1n) is 7.27. The molecule has 1 saturated heterocycles. The van der Waals surface area contributed by atoms with Crippen molar-refractivity contribution in [3.8, 4) is 11.3 Å². The number of hydrogen-bond donors (Lipinski definition) is 0. The van der Waals surface area contributed by atoms with E-state index in [9.17, 15) is 4.39 Å². The molecule has 0 spiro atoms. The van der Waals surface area contributed by atoms with Crippen LogP contribution in [-0.2, 0) is 4.74 Å². The fraction of sp³-hybridized carbons (Fsp3) is 0.250. The van der Waals surface area contributed by atoms with Crippen LogP contribution in [0.3, 0.4) is 0 Å². The van der Waals surface area contributed by atoms with Gasteiger partial charge in [-0.25, -0.2) is 14.4 Å². The van der Waals surface area contributed by atoms with E-state index in [0.29, 0.717) is 6.61 Å². The maximum absolute atomic E-state index is 13.0. The topological polar surface area (TPSA) is 38.2 Å². The zero-order valence-electron chi connectivity index (χ0n) is 12.2. The highest BCUT2D eigenvalue weighted by Crippen LogP contribution is 2.31. The van der Waals surface area contributed by atoms with E-state index in [-0.39, 0.29) is 11.9 Å². The second-order valence-electron chi connectivity index (χ2n) is 5.20. The Balaban J connectivity index is 1.53. The van der Waals surface area contributed by atoms with Crippen LogP contribution in [0, 0.1) is 5.82 Å². The molecule has 1 aromatic carbocycles. The quantitative estimate of drug-likeness (QED) is 0.718. The minimum atomic E-state index is -0.233. The van der Waals surface area contributed by atoms with E-state index in [1.807, 2.05) is 10.8 Å². The minimum absolute atomic E-state index is 0.00178. The van der Waals surface area contributed by atoms with Crippen molar-refractivity contribution in [1.29, 1.82) is 0 Å². The fourth-order valence-electron chi connectivity index (χ4n) is 2.53. The zero-order chi connectivity index (χ0) is 15.6. The Bertz CT molecular complexity index is 773. The summed E-state index contributed by atoms with van der Waals surface area (Å²) in [7, 11) is 0. The molecule has 23 heavy (non-hydrogen) atoms. The summed E-state index contributed by atoms with van der Waals surface area (Å²) < 4.78 is 18.9. The molecule has 3 heterocycles. The Morgan fingerprint density at radius 2 is 2.09 bits per heavy atom. The third kappa shape index (κ3) is 3.12. The van der Waals surface area contributed by atoms with Crippen molar-refractivity contribution >= 4 is 27.8 Å². The highest BCUT2D eigenvalue weighted by atomic mass is 32.1. The van der Waals surface area contributed by atoms with Crippen molar-refractivity contribution in [2.75, 3.05) is 24.6 Å². The number of anilines is 1. The largest absolute Gasteiger partial charge is 0.367 e. The fourth-order valence-corrected chi connectivity index (χ4v) is 4.08. The maximum Gasteiger partial charge on any atom is 0.186 e. The molecular formula is C16H14FN3OS2. The molecule has 7 heteroatoms. The van der Waals surface area contributed by atoms with Gasteiger partial charge in [0.25, 0.3) is 0 Å². The van der Waals surface area contributed by atoms with Gasteiger partial charge in [0.1, 0.15) is 16.9 Å². The van der Waals surface area contributed by atoms with Crippen molar-refractivity contribution in [2.45, 2.75) is 6.10 Å². The number of halogens is 1. The highest BCUT2D eigenvalue weighted by Gasteiger charge is 2.25. The number of hydrogen-bond acceptors (Lipinski definition) is 6. The van der Waals surface area contributed by atoms with E-state index >= 15 is 0 Å². The van der Waals surface area contributed by atoms with Crippen LogP contribution in [0.1, 0.15) is 11.1 Å². The Labute approximate surface area is 141 Å². The summed E-state index contributed by atoms with van der Waals surface area (Å²) in [6, 6.07) is 6.43. The van der Waals surface area contributed by atoms with Crippen molar-refractivity contribution in [3.05, 3.63) is 52.0 Å². The van der Waals surface area contributed by atoms with Crippen molar-refractivity contribution in [2.24, 2.45) is 0 Å². The minimum Gasteiger partial charge on any atom is -0.367 e. The molecule has 0 N–H and O–H groups in total. The molecule has 0 bridgehead atoms. The van der Waals surface area contributed by atoms with Crippen LogP contribution in [-0.4, -0.2) is 29.7 Å². The van der Waals surface area contributed by atoms with Gasteiger partial charge in [-0.2, -0.15) is 0 Å². The Morgan fingerprint density at radius 1 is 1.22 bits per heavy atom. The normalized spacial score (nSPS) is 18.3. The lowest BCUT2D eigenvalue weighted by molar-refractivity contribution is 0.0396. The standard InChI is InChI=1S/C16H14FN3OS2/c17-12-3-1-11(2-4-12)13-10-23-16(19-13)20-6-7-21-14(9-20)15-18-5-8-22-15/h1-5,8,10,14H,6-7,9H2. The number of ether oxygens (including phenoxy) is 1. The smallest absolute Gasteiger partial charge is 0.186 e. The molecule has 1 aliphatic heterocycles. The first kappa shape index (κ1) is 14.7. The van der Waals surface area contributed by atoms with E-state index in [1.165, 1.54) is 12.1 Å². The molecule has 3 aromatic rings. The summed E-state index contributed by atoms with van der Waals surface area (Å²) in [5, 5.41) is 5.95. The molecule has 0 radical (unpaired) electrons. The lowest BCUT2D eigenvalue weighted by Gasteiger charge is -2.31. The molecule has 4 nitrogen and oxygen atoms in total. The molecule has 0 aliphatic carbocycles. The highest BCUT2D eigenvalue weighted by molar-refractivity contribution is 7.14. The average Bonchev–Trinajstić information content (AvgIpc) is 3.28. The number of benzene rings is 1. The van der Waals surface area contributed by atoms with Crippen molar-refractivity contribution in [3.63, 3.8) is 0 Å². The summed E-state index contributed by atoms with van der Waals surface area (Å²) in [4.78, 5) is 11.3. The summed E-state index contributed by atoms with van der Waals surface area (Å²) in [6.45, 7) is 2.23. The van der Waals surface area contributed by atoms with Crippen LogP contribution in [0.5, 0.6) is 0 Å². The van der Waals surface area contributed by atoms with Crippen LogP contribution >= 0.6 is 22.7 Å². The van der Waals surface area contributed by atoms with Gasteiger partial charge in [0.2, 0.25) is 0 Å². The van der Waals surface area contributed by atoms with Gasteiger partial charge in [0.15, 0.2) is 5.13 Å². The molecule has 0 saturated carbocycles. The van der Waals surface area contributed by atoms with Crippen molar-refractivity contribution < 1.29 is 9.13 Å². The van der Waals surface area contributed by atoms with Gasteiger partial charge in [-0.05, 0) is 24.3 Å². The van der Waals surface area contributed by atoms with Crippen LogP contribution in [0.4, 0.5) is 9.52 Å². The third-order valence-corrected chi connectivity index (χ3v) is 5.46. The summed E-state index contributed by atoms with van der Waals surface area (Å²) in [5.41, 5.74) is 1.81. The maximum atomic E-state index is 13.0. The molecule has 4 rings (SSSR count). The molecule has 0 amide bonds. The molecule has 1 atom stereocenters. The summed E-state index contributed by atoms with van der Waals surface area (Å²) in [5.74, 6) is -0.233. The van der Waals surface area contributed by atoms with Gasteiger partial charge >= 0.3 is 0 Å². The Hall–Kier alpha value is -1.83. The van der Waals surface area contributed by atoms with Gasteiger partial charge in [-0.1, -0.05) is 0 Å². The molecule has 118 valence electrons.